The van der Waals surface area contributed by atoms with Crippen molar-refractivity contribution in [2.75, 3.05) is 7.05 Å². The van der Waals surface area contributed by atoms with Gasteiger partial charge in [0.2, 0.25) is 5.91 Å². The van der Waals surface area contributed by atoms with Gasteiger partial charge in [0, 0.05) is 11.9 Å². The summed E-state index contributed by atoms with van der Waals surface area (Å²) in [5, 5.41) is 2.05. The fraction of sp³-hybridized carbons (Fsp3) is 0.583. The summed E-state index contributed by atoms with van der Waals surface area (Å²) in [6.45, 7) is 6.65. The van der Waals surface area contributed by atoms with E-state index in [4.69, 9.17) is 5.73 Å². The second-order valence-corrected chi connectivity index (χ2v) is 5.49. The molecule has 4 heteroatoms. The molecule has 0 aromatic carbocycles. The molecule has 1 heterocycles. The first-order valence-corrected chi connectivity index (χ1v) is 6.35. The highest BCUT2D eigenvalue weighted by molar-refractivity contribution is 7.10. The van der Waals surface area contributed by atoms with Crippen molar-refractivity contribution in [3.05, 3.63) is 21.9 Å². The summed E-state index contributed by atoms with van der Waals surface area (Å²) in [5.41, 5.74) is 7.08. The molecule has 0 unspecified atom stereocenters. The highest BCUT2D eigenvalue weighted by atomic mass is 32.1. The fourth-order valence-electron chi connectivity index (χ4n) is 1.40. The summed E-state index contributed by atoms with van der Waals surface area (Å²) >= 11 is 1.68. The van der Waals surface area contributed by atoms with Crippen molar-refractivity contribution in [1.82, 2.24) is 4.90 Å². The van der Waals surface area contributed by atoms with Crippen LogP contribution in [0.2, 0.25) is 0 Å². The largest absolute Gasteiger partial charge is 0.339 e. The number of nitrogens with zero attached hydrogens (tertiary/aromatic N) is 1. The number of carbonyl (C=O) groups excluding carboxylic acids is 1. The Morgan fingerprint density at radius 3 is 2.62 bits per heavy atom. The minimum absolute atomic E-state index is 0.0165. The Morgan fingerprint density at radius 2 is 2.19 bits per heavy atom. The maximum atomic E-state index is 11.9. The highest BCUT2D eigenvalue weighted by Gasteiger charge is 2.21. The summed E-state index contributed by atoms with van der Waals surface area (Å²) in [7, 11) is 1.81. The summed E-state index contributed by atoms with van der Waals surface area (Å²) in [5.74, 6) is 0.196. The maximum absolute atomic E-state index is 11.9. The number of thiophene rings is 1. The smallest absolute Gasteiger partial charge is 0.239 e. The molecular weight excluding hydrogens is 220 g/mol. The molecule has 1 rings (SSSR count). The van der Waals surface area contributed by atoms with Gasteiger partial charge in [0.15, 0.2) is 0 Å². The molecule has 0 saturated heterocycles. The van der Waals surface area contributed by atoms with Crippen LogP contribution in [-0.4, -0.2) is 23.9 Å². The van der Waals surface area contributed by atoms with Crippen LogP contribution in [0.25, 0.3) is 0 Å². The van der Waals surface area contributed by atoms with Crippen LogP contribution in [0.1, 0.15) is 24.3 Å². The predicted octanol–water partition coefficient (Wildman–Crippen LogP) is 2.00. The number of likely N-dealkylation sites (N-methyl/N-ethyl adjacent to an activating group) is 1. The maximum Gasteiger partial charge on any atom is 0.239 e. The van der Waals surface area contributed by atoms with Gasteiger partial charge in [-0.25, -0.2) is 0 Å². The number of nitrogens with two attached hydrogens (primary N) is 1. The van der Waals surface area contributed by atoms with Crippen LogP contribution in [0, 0.1) is 12.8 Å². The van der Waals surface area contributed by atoms with Crippen LogP contribution in [-0.2, 0) is 11.3 Å². The van der Waals surface area contributed by atoms with E-state index in [-0.39, 0.29) is 11.8 Å². The molecular formula is C12H20N2OS. The minimum Gasteiger partial charge on any atom is -0.339 e. The first-order chi connectivity index (χ1) is 7.43. The third kappa shape index (κ3) is 3.06. The third-order valence-electron chi connectivity index (χ3n) is 2.73. The summed E-state index contributed by atoms with van der Waals surface area (Å²) < 4.78 is 0. The molecule has 0 spiro atoms. The lowest BCUT2D eigenvalue weighted by atomic mass is 10.0. The van der Waals surface area contributed by atoms with Gasteiger partial charge in [-0.2, -0.15) is 0 Å². The Bertz CT molecular complexity index is 360. The lowest BCUT2D eigenvalue weighted by Gasteiger charge is -2.23. The first-order valence-electron chi connectivity index (χ1n) is 5.47. The molecule has 0 aliphatic carbocycles. The van der Waals surface area contributed by atoms with Crippen molar-refractivity contribution in [1.29, 1.82) is 0 Å². The molecule has 3 nitrogen and oxygen atoms in total. The molecule has 1 aromatic heterocycles. The first kappa shape index (κ1) is 13.2. The zero-order valence-corrected chi connectivity index (χ0v) is 11.2. The third-order valence-corrected chi connectivity index (χ3v) is 3.74. The van der Waals surface area contributed by atoms with E-state index in [1.54, 1.807) is 16.2 Å². The standard InChI is InChI=1S/C12H20N2OS/c1-8(2)11(13)12(15)14(4)7-10-9(3)5-6-16-10/h5-6,8,11H,7,13H2,1-4H3/t11-/m0/s1. The van der Waals surface area contributed by atoms with Crippen molar-refractivity contribution < 1.29 is 4.79 Å². The average molecular weight is 240 g/mol. The average Bonchev–Trinajstić information content (AvgIpc) is 2.62. The van der Waals surface area contributed by atoms with Crippen LogP contribution < -0.4 is 5.73 Å². The molecule has 0 saturated carbocycles. The van der Waals surface area contributed by atoms with Gasteiger partial charge in [-0.3, -0.25) is 4.79 Å². The SMILES string of the molecule is Cc1ccsc1CN(C)C(=O)[C@@H](N)C(C)C. The summed E-state index contributed by atoms with van der Waals surface area (Å²) in [6.07, 6.45) is 0. The Hall–Kier alpha value is -0.870. The molecule has 90 valence electrons. The van der Waals surface area contributed by atoms with Crippen LogP contribution in [0.5, 0.6) is 0 Å². The molecule has 1 amide bonds. The van der Waals surface area contributed by atoms with Crippen molar-refractivity contribution in [3.8, 4) is 0 Å². The number of aryl methyl sites for hydroxylation is 1. The Kier molecular flexibility index (Phi) is 4.50. The van der Waals surface area contributed by atoms with Crippen LogP contribution in [0.4, 0.5) is 0 Å². The molecule has 0 radical (unpaired) electrons. The molecule has 0 aliphatic rings. The Morgan fingerprint density at radius 1 is 1.56 bits per heavy atom. The Balaban J connectivity index is 2.62. The van der Waals surface area contributed by atoms with E-state index in [9.17, 15) is 4.79 Å². The van der Waals surface area contributed by atoms with Crippen molar-refractivity contribution >= 4 is 17.2 Å². The highest BCUT2D eigenvalue weighted by Crippen LogP contribution is 2.17. The van der Waals surface area contributed by atoms with Gasteiger partial charge >= 0.3 is 0 Å². The van der Waals surface area contributed by atoms with E-state index < -0.39 is 6.04 Å². The lowest BCUT2D eigenvalue weighted by molar-refractivity contribution is -0.132. The summed E-state index contributed by atoms with van der Waals surface area (Å²) in [6, 6.07) is 1.67. The number of hydrogen-bond acceptors (Lipinski definition) is 3. The predicted molar refractivity (Wildman–Crippen MR) is 68.3 cm³/mol. The normalized spacial score (nSPS) is 12.9. The number of amides is 1. The van der Waals surface area contributed by atoms with Crippen molar-refractivity contribution in [3.63, 3.8) is 0 Å². The quantitative estimate of drug-likeness (QED) is 0.875. The van der Waals surface area contributed by atoms with E-state index in [2.05, 4.69) is 13.0 Å². The van der Waals surface area contributed by atoms with Gasteiger partial charge < -0.3 is 10.6 Å². The number of rotatable bonds is 4. The molecule has 0 aliphatic heterocycles. The topological polar surface area (TPSA) is 46.3 Å². The van der Waals surface area contributed by atoms with Gasteiger partial charge in [-0.1, -0.05) is 13.8 Å². The summed E-state index contributed by atoms with van der Waals surface area (Å²) in [4.78, 5) is 14.9. The zero-order valence-electron chi connectivity index (χ0n) is 10.4. The zero-order chi connectivity index (χ0) is 12.3. The van der Waals surface area contributed by atoms with Crippen LogP contribution in [0.3, 0.4) is 0 Å². The van der Waals surface area contributed by atoms with Crippen molar-refractivity contribution in [2.45, 2.75) is 33.4 Å². The van der Waals surface area contributed by atoms with Crippen LogP contribution >= 0.6 is 11.3 Å². The number of hydrogen-bond donors (Lipinski definition) is 1. The van der Waals surface area contributed by atoms with Gasteiger partial charge in [-0.15, -0.1) is 11.3 Å². The molecule has 0 fully saturated rings. The monoisotopic (exact) mass is 240 g/mol. The molecule has 0 bridgehead atoms. The van der Waals surface area contributed by atoms with E-state index >= 15 is 0 Å². The van der Waals surface area contributed by atoms with Gasteiger partial charge in [-0.05, 0) is 29.9 Å². The minimum atomic E-state index is -0.398. The van der Waals surface area contributed by atoms with E-state index in [0.29, 0.717) is 6.54 Å². The van der Waals surface area contributed by atoms with E-state index in [1.807, 2.05) is 26.3 Å². The second kappa shape index (κ2) is 5.46. The molecule has 2 N–H and O–H groups in total. The second-order valence-electron chi connectivity index (χ2n) is 4.49. The number of carbonyl (C=O) groups is 1. The molecule has 1 atom stereocenters. The van der Waals surface area contributed by atoms with E-state index in [0.717, 1.165) is 0 Å². The van der Waals surface area contributed by atoms with E-state index in [1.165, 1.54) is 10.4 Å². The Labute approximate surface area is 101 Å². The van der Waals surface area contributed by atoms with Gasteiger partial charge in [0.1, 0.15) is 0 Å². The molecule has 16 heavy (non-hydrogen) atoms. The van der Waals surface area contributed by atoms with Crippen LogP contribution in [0.15, 0.2) is 11.4 Å². The van der Waals surface area contributed by atoms with Gasteiger partial charge in [0.25, 0.3) is 0 Å². The molecule has 1 aromatic rings. The lowest BCUT2D eigenvalue weighted by Crippen LogP contribution is -2.44. The van der Waals surface area contributed by atoms with Gasteiger partial charge in [0.05, 0.1) is 12.6 Å². The van der Waals surface area contributed by atoms with Crippen molar-refractivity contribution in [2.24, 2.45) is 11.7 Å². The fourth-order valence-corrected chi connectivity index (χ4v) is 2.36.